The molecule has 18 heavy (non-hydrogen) atoms. The monoisotopic (exact) mass is 248 g/mol. The van der Waals surface area contributed by atoms with Gasteiger partial charge in [-0.2, -0.15) is 0 Å². The van der Waals surface area contributed by atoms with Crippen molar-refractivity contribution in [3.63, 3.8) is 0 Å². The second-order valence-electron chi connectivity index (χ2n) is 5.12. The van der Waals surface area contributed by atoms with E-state index in [0.717, 1.165) is 17.7 Å². The highest BCUT2D eigenvalue weighted by molar-refractivity contribution is 5.65. The molecule has 0 unspecified atom stereocenters. The molecular weight excluding hydrogens is 226 g/mol. The van der Waals surface area contributed by atoms with Gasteiger partial charge in [0, 0.05) is 5.56 Å². The summed E-state index contributed by atoms with van der Waals surface area (Å²) in [7, 11) is 0. The number of allylic oxidation sites excluding steroid dienone is 1. The Kier molecular flexibility index (Phi) is 4.39. The second-order valence-corrected chi connectivity index (χ2v) is 5.12. The third-order valence-corrected chi connectivity index (χ3v) is 3.09. The van der Waals surface area contributed by atoms with Crippen molar-refractivity contribution in [3.05, 3.63) is 35.4 Å². The molecule has 3 N–H and O–H groups in total. The molecule has 0 amide bonds. The Morgan fingerprint density at radius 3 is 3.00 bits per heavy atom. The molecule has 1 aromatic rings. The van der Waals surface area contributed by atoms with Crippen molar-refractivity contribution in [2.75, 3.05) is 13.2 Å². The van der Waals surface area contributed by atoms with Crippen LogP contribution in [0, 0.1) is 0 Å². The number of nitrogens with two attached hydrogens (primary N) is 1. The van der Waals surface area contributed by atoms with Crippen LogP contribution in [0.4, 0.5) is 0 Å². The fourth-order valence-electron chi connectivity index (χ4n) is 2.07. The molecule has 0 spiro atoms. The summed E-state index contributed by atoms with van der Waals surface area (Å²) < 4.78 is 5.72. The lowest BCUT2D eigenvalue weighted by atomic mass is 10.1. The van der Waals surface area contributed by atoms with E-state index in [1.54, 1.807) is 0 Å². The van der Waals surface area contributed by atoms with Gasteiger partial charge in [-0.1, -0.05) is 24.3 Å². The third-order valence-electron chi connectivity index (χ3n) is 3.09. The molecule has 0 saturated heterocycles. The molecule has 1 aliphatic rings. The second kappa shape index (κ2) is 6.03. The third kappa shape index (κ3) is 3.34. The van der Waals surface area contributed by atoms with E-state index >= 15 is 0 Å². The summed E-state index contributed by atoms with van der Waals surface area (Å²) in [4.78, 5) is 0. The SMILES string of the molecule is CC(C)[NH2+]C[C@@H](O)COc1cccc2c1C=CC2. The lowest BCUT2D eigenvalue weighted by Gasteiger charge is -2.14. The van der Waals surface area contributed by atoms with Crippen molar-refractivity contribution in [2.45, 2.75) is 32.4 Å². The molecule has 3 nitrogen and oxygen atoms in total. The predicted molar refractivity (Wildman–Crippen MR) is 72.6 cm³/mol. The number of quaternary nitrogens is 1. The van der Waals surface area contributed by atoms with Crippen LogP contribution in [0.5, 0.6) is 5.75 Å². The zero-order valence-corrected chi connectivity index (χ0v) is 11.1. The molecule has 1 atom stereocenters. The minimum atomic E-state index is -0.423. The first-order chi connectivity index (χ1) is 8.66. The molecular formula is C15H22NO2+. The quantitative estimate of drug-likeness (QED) is 0.788. The van der Waals surface area contributed by atoms with Crippen molar-refractivity contribution in [1.29, 1.82) is 0 Å². The lowest BCUT2D eigenvalue weighted by molar-refractivity contribution is -0.688. The average Bonchev–Trinajstić information content (AvgIpc) is 2.82. The zero-order valence-electron chi connectivity index (χ0n) is 11.1. The van der Waals surface area contributed by atoms with Crippen LogP contribution in [-0.4, -0.2) is 30.4 Å². The lowest BCUT2D eigenvalue weighted by Crippen LogP contribution is -2.90. The van der Waals surface area contributed by atoms with Gasteiger partial charge < -0.3 is 15.2 Å². The van der Waals surface area contributed by atoms with Gasteiger partial charge in [0.05, 0.1) is 6.04 Å². The van der Waals surface area contributed by atoms with Gasteiger partial charge in [0.15, 0.2) is 0 Å². The van der Waals surface area contributed by atoms with E-state index in [1.165, 1.54) is 5.56 Å². The molecule has 0 bridgehead atoms. The largest absolute Gasteiger partial charge is 0.490 e. The molecule has 0 aromatic heterocycles. The number of benzene rings is 1. The molecule has 0 aliphatic heterocycles. The number of ether oxygens (including phenoxy) is 1. The van der Waals surface area contributed by atoms with Crippen LogP contribution in [-0.2, 0) is 6.42 Å². The van der Waals surface area contributed by atoms with Gasteiger partial charge in [-0.05, 0) is 31.9 Å². The molecule has 3 heteroatoms. The van der Waals surface area contributed by atoms with Crippen LogP contribution in [0.1, 0.15) is 25.0 Å². The van der Waals surface area contributed by atoms with Crippen LogP contribution >= 0.6 is 0 Å². The van der Waals surface area contributed by atoms with E-state index in [1.807, 2.05) is 12.1 Å². The topological polar surface area (TPSA) is 46.1 Å². The van der Waals surface area contributed by atoms with Gasteiger partial charge in [-0.3, -0.25) is 0 Å². The fourth-order valence-corrected chi connectivity index (χ4v) is 2.07. The average molecular weight is 248 g/mol. The van der Waals surface area contributed by atoms with E-state index in [9.17, 15) is 5.11 Å². The van der Waals surface area contributed by atoms with Crippen LogP contribution in [0.25, 0.3) is 6.08 Å². The standard InChI is InChI=1S/C15H21NO2/c1-11(2)16-9-13(17)10-18-15-8-4-6-12-5-3-7-14(12)15/h3-4,6-8,11,13,16-17H,5,9-10H2,1-2H3/p+1/t13-/m1/s1. The normalized spacial score (nSPS) is 14.9. The van der Waals surface area contributed by atoms with Gasteiger partial charge in [0.25, 0.3) is 0 Å². The van der Waals surface area contributed by atoms with Crippen molar-refractivity contribution >= 4 is 6.08 Å². The van der Waals surface area contributed by atoms with Crippen molar-refractivity contribution in [1.82, 2.24) is 0 Å². The zero-order chi connectivity index (χ0) is 13.0. The highest BCUT2D eigenvalue weighted by Gasteiger charge is 2.13. The van der Waals surface area contributed by atoms with Crippen molar-refractivity contribution in [2.24, 2.45) is 0 Å². The fraction of sp³-hybridized carbons (Fsp3) is 0.467. The number of aliphatic hydroxyl groups excluding tert-OH is 1. The minimum Gasteiger partial charge on any atom is -0.490 e. The van der Waals surface area contributed by atoms with Crippen LogP contribution in [0.15, 0.2) is 24.3 Å². The maximum atomic E-state index is 9.83. The Hall–Kier alpha value is -1.32. The molecule has 0 saturated carbocycles. The summed E-state index contributed by atoms with van der Waals surface area (Å²) in [5.41, 5.74) is 2.47. The molecule has 0 heterocycles. The van der Waals surface area contributed by atoms with Crippen molar-refractivity contribution < 1.29 is 15.2 Å². The first-order valence-corrected chi connectivity index (χ1v) is 6.59. The Morgan fingerprint density at radius 1 is 1.39 bits per heavy atom. The van der Waals surface area contributed by atoms with Gasteiger partial charge in [-0.15, -0.1) is 0 Å². The number of hydrogen-bond acceptors (Lipinski definition) is 2. The molecule has 98 valence electrons. The first kappa shape index (κ1) is 13.1. The highest BCUT2D eigenvalue weighted by Crippen LogP contribution is 2.28. The predicted octanol–water partition coefficient (Wildman–Crippen LogP) is 0.967. The summed E-state index contributed by atoms with van der Waals surface area (Å²) >= 11 is 0. The van der Waals surface area contributed by atoms with Gasteiger partial charge >= 0.3 is 0 Å². The first-order valence-electron chi connectivity index (χ1n) is 6.59. The smallest absolute Gasteiger partial charge is 0.137 e. The molecule has 1 aliphatic carbocycles. The molecule has 1 aromatic carbocycles. The number of fused-ring (bicyclic) bond motifs is 1. The van der Waals surface area contributed by atoms with E-state index in [2.05, 4.69) is 37.4 Å². The maximum absolute atomic E-state index is 9.83. The molecule has 0 radical (unpaired) electrons. The van der Waals surface area contributed by atoms with Gasteiger partial charge in [0.2, 0.25) is 0 Å². The molecule has 0 fully saturated rings. The number of hydrogen-bond donors (Lipinski definition) is 2. The van der Waals surface area contributed by atoms with E-state index in [0.29, 0.717) is 19.2 Å². The Labute approximate surface area is 108 Å². The summed E-state index contributed by atoms with van der Waals surface area (Å²) in [6.45, 7) is 5.26. The van der Waals surface area contributed by atoms with Crippen LogP contribution in [0.3, 0.4) is 0 Å². The summed E-state index contributed by atoms with van der Waals surface area (Å²) in [6, 6.07) is 6.59. The summed E-state index contributed by atoms with van der Waals surface area (Å²) in [5.74, 6) is 0.879. The van der Waals surface area contributed by atoms with Crippen LogP contribution < -0.4 is 10.1 Å². The number of aliphatic hydroxyl groups is 1. The summed E-state index contributed by atoms with van der Waals surface area (Å²) in [6.07, 6.45) is 4.79. The van der Waals surface area contributed by atoms with E-state index < -0.39 is 6.10 Å². The highest BCUT2D eigenvalue weighted by atomic mass is 16.5. The van der Waals surface area contributed by atoms with Gasteiger partial charge in [0.1, 0.15) is 25.0 Å². The number of rotatable bonds is 6. The van der Waals surface area contributed by atoms with Crippen LogP contribution in [0.2, 0.25) is 0 Å². The molecule has 2 rings (SSSR count). The van der Waals surface area contributed by atoms with Gasteiger partial charge in [-0.25, -0.2) is 0 Å². The van der Waals surface area contributed by atoms with E-state index in [-0.39, 0.29) is 0 Å². The summed E-state index contributed by atoms with van der Waals surface area (Å²) in [5, 5.41) is 11.9. The Morgan fingerprint density at radius 2 is 2.22 bits per heavy atom. The van der Waals surface area contributed by atoms with Crippen molar-refractivity contribution in [3.8, 4) is 5.75 Å². The Bertz CT molecular complexity index is 427. The maximum Gasteiger partial charge on any atom is 0.137 e. The Balaban J connectivity index is 1.87. The minimum absolute atomic E-state index is 0.355. The van der Waals surface area contributed by atoms with E-state index in [4.69, 9.17) is 4.74 Å².